The third-order valence-electron chi connectivity index (χ3n) is 0.907. The lowest BCUT2D eigenvalue weighted by Gasteiger charge is -1.98. The van der Waals surface area contributed by atoms with Crippen LogP contribution in [0.1, 0.15) is 12.8 Å². The van der Waals surface area contributed by atoms with Gasteiger partial charge in [0.05, 0.1) is 13.0 Å². The Bertz CT molecular complexity index is 91.7. The second-order valence-electron chi connectivity index (χ2n) is 1.83. The zero-order valence-corrected chi connectivity index (χ0v) is 5.75. The van der Waals surface area contributed by atoms with Gasteiger partial charge in [-0.25, -0.2) is 0 Å². The van der Waals surface area contributed by atoms with E-state index in [-0.39, 0.29) is 19.6 Å². The van der Waals surface area contributed by atoms with Gasteiger partial charge in [-0.3, -0.25) is 4.79 Å². The summed E-state index contributed by atoms with van der Waals surface area (Å²) in [5.41, 5.74) is 0. The summed E-state index contributed by atoms with van der Waals surface area (Å²) in [4.78, 5) is 9.90. The Morgan fingerprint density at radius 2 is 2.10 bits per heavy atom. The highest BCUT2D eigenvalue weighted by Gasteiger charge is 1.94. The molecule has 0 atom stereocenters. The van der Waals surface area contributed by atoms with E-state index < -0.39 is 5.97 Å². The SMILES string of the molecule is O=C(O)CCOCCCO. The van der Waals surface area contributed by atoms with Gasteiger partial charge in [0.1, 0.15) is 0 Å². The number of carboxylic acid groups (broad SMARTS) is 1. The number of aliphatic hydroxyl groups excluding tert-OH is 1. The van der Waals surface area contributed by atoms with E-state index in [0.29, 0.717) is 13.0 Å². The quantitative estimate of drug-likeness (QED) is 0.514. The molecule has 0 heterocycles. The van der Waals surface area contributed by atoms with Crippen LogP contribution in [0.15, 0.2) is 0 Å². The van der Waals surface area contributed by atoms with Gasteiger partial charge < -0.3 is 14.9 Å². The monoisotopic (exact) mass is 148 g/mol. The Labute approximate surface area is 59.4 Å². The van der Waals surface area contributed by atoms with Crippen LogP contribution in [0.5, 0.6) is 0 Å². The maximum atomic E-state index is 9.90. The summed E-state index contributed by atoms with van der Waals surface area (Å²) in [5.74, 6) is -0.857. The van der Waals surface area contributed by atoms with Crippen LogP contribution in [0.25, 0.3) is 0 Å². The lowest BCUT2D eigenvalue weighted by Crippen LogP contribution is -2.04. The summed E-state index contributed by atoms with van der Waals surface area (Å²) in [6.45, 7) is 0.756. The first-order chi connectivity index (χ1) is 4.77. The van der Waals surface area contributed by atoms with Crippen LogP contribution in [0.3, 0.4) is 0 Å². The highest BCUT2D eigenvalue weighted by Crippen LogP contribution is 1.84. The van der Waals surface area contributed by atoms with Crippen molar-refractivity contribution >= 4 is 5.97 Å². The van der Waals surface area contributed by atoms with E-state index in [1.165, 1.54) is 0 Å². The van der Waals surface area contributed by atoms with Crippen molar-refractivity contribution < 1.29 is 19.7 Å². The first-order valence-electron chi connectivity index (χ1n) is 3.17. The van der Waals surface area contributed by atoms with Crippen molar-refractivity contribution in [3.05, 3.63) is 0 Å². The molecule has 0 saturated heterocycles. The van der Waals surface area contributed by atoms with Crippen molar-refractivity contribution in [3.8, 4) is 0 Å². The summed E-state index contributed by atoms with van der Waals surface area (Å²) in [6, 6.07) is 0. The predicted molar refractivity (Wildman–Crippen MR) is 34.8 cm³/mol. The van der Waals surface area contributed by atoms with Crippen LogP contribution in [0.4, 0.5) is 0 Å². The van der Waals surface area contributed by atoms with E-state index in [1.54, 1.807) is 0 Å². The van der Waals surface area contributed by atoms with Gasteiger partial charge in [0.2, 0.25) is 0 Å². The second-order valence-corrected chi connectivity index (χ2v) is 1.83. The predicted octanol–water partition coefficient (Wildman–Crippen LogP) is -0.140. The fourth-order valence-corrected chi connectivity index (χ4v) is 0.428. The highest BCUT2D eigenvalue weighted by molar-refractivity contribution is 5.66. The summed E-state index contributed by atoms with van der Waals surface area (Å²) >= 11 is 0. The molecule has 0 rings (SSSR count). The zero-order chi connectivity index (χ0) is 7.82. The molecule has 0 aromatic carbocycles. The molecule has 4 nitrogen and oxygen atoms in total. The van der Waals surface area contributed by atoms with Crippen LogP contribution in [-0.2, 0) is 9.53 Å². The number of aliphatic hydroxyl groups is 1. The Morgan fingerprint density at radius 1 is 1.40 bits per heavy atom. The highest BCUT2D eigenvalue weighted by atomic mass is 16.5. The van der Waals surface area contributed by atoms with Crippen molar-refractivity contribution in [2.75, 3.05) is 19.8 Å². The first kappa shape index (κ1) is 9.39. The number of hydrogen-bond acceptors (Lipinski definition) is 3. The van der Waals surface area contributed by atoms with Crippen LogP contribution >= 0.6 is 0 Å². The van der Waals surface area contributed by atoms with Gasteiger partial charge in [-0.15, -0.1) is 0 Å². The average Bonchev–Trinajstić information content (AvgIpc) is 1.87. The molecule has 0 spiro atoms. The molecule has 0 aliphatic heterocycles. The molecule has 0 radical (unpaired) electrons. The van der Waals surface area contributed by atoms with Gasteiger partial charge in [-0.1, -0.05) is 0 Å². The Hall–Kier alpha value is -0.610. The molecule has 0 aliphatic carbocycles. The lowest BCUT2D eigenvalue weighted by atomic mass is 10.4. The third-order valence-corrected chi connectivity index (χ3v) is 0.907. The van der Waals surface area contributed by atoms with Crippen molar-refractivity contribution in [3.63, 3.8) is 0 Å². The van der Waals surface area contributed by atoms with Crippen molar-refractivity contribution in [2.24, 2.45) is 0 Å². The molecule has 0 bridgehead atoms. The Morgan fingerprint density at radius 3 is 2.60 bits per heavy atom. The second kappa shape index (κ2) is 6.51. The zero-order valence-electron chi connectivity index (χ0n) is 5.75. The first-order valence-corrected chi connectivity index (χ1v) is 3.17. The van der Waals surface area contributed by atoms with E-state index in [0.717, 1.165) is 0 Å². The Kier molecular flexibility index (Phi) is 6.11. The molecule has 0 aromatic heterocycles. The number of carboxylic acids is 1. The van der Waals surface area contributed by atoms with Crippen LogP contribution in [0.2, 0.25) is 0 Å². The lowest BCUT2D eigenvalue weighted by molar-refractivity contribution is -0.138. The summed E-state index contributed by atoms with van der Waals surface area (Å²) in [5, 5.41) is 16.4. The molecule has 4 heteroatoms. The van der Waals surface area contributed by atoms with Crippen LogP contribution < -0.4 is 0 Å². The fraction of sp³-hybridized carbons (Fsp3) is 0.833. The summed E-state index contributed by atoms with van der Waals surface area (Å²) in [7, 11) is 0. The van der Waals surface area contributed by atoms with E-state index >= 15 is 0 Å². The van der Waals surface area contributed by atoms with E-state index in [9.17, 15) is 4.79 Å². The molecule has 10 heavy (non-hydrogen) atoms. The molecular formula is C6H12O4. The minimum absolute atomic E-state index is 0.0332. The van der Waals surface area contributed by atoms with Crippen LogP contribution in [0, 0.1) is 0 Å². The van der Waals surface area contributed by atoms with Gasteiger partial charge in [0.15, 0.2) is 0 Å². The van der Waals surface area contributed by atoms with Crippen molar-refractivity contribution in [1.29, 1.82) is 0 Å². The number of carbonyl (C=O) groups is 1. The van der Waals surface area contributed by atoms with Gasteiger partial charge in [0.25, 0.3) is 0 Å². The average molecular weight is 148 g/mol. The van der Waals surface area contributed by atoms with E-state index in [1.807, 2.05) is 0 Å². The number of hydrogen-bond donors (Lipinski definition) is 2. The van der Waals surface area contributed by atoms with E-state index in [4.69, 9.17) is 14.9 Å². The molecule has 0 fully saturated rings. The Balaban J connectivity index is 2.84. The maximum absolute atomic E-state index is 9.90. The topological polar surface area (TPSA) is 66.8 Å². The molecule has 0 saturated carbocycles. The molecule has 2 N–H and O–H groups in total. The third kappa shape index (κ3) is 7.39. The summed E-state index contributed by atoms with van der Waals surface area (Å²) < 4.78 is 4.84. The van der Waals surface area contributed by atoms with Crippen LogP contribution in [-0.4, -0.2) is 36.0 Å². The standard InChI is InChI=1S/C6H12O4/c7-3-1-4-10-5-2-6(8)9/h7H,1-5H2,(H,8,9). The molecule has 0 aromatic rings. The number of rotatable bonds is 6. The van der Waals surface area contributed by atoms with Gasteiger partial charge in [-0.05, 0) is 6.42 Å². The van der Waals surface area contributed by atoms with Gasteiger partial charge in [0, 0.05) is 13.2 Å². The number of aliphatic carboxylic acids is 1. The molecule has 60 valence electrons. The normalized spacial score (nSPS) is 9.70. The van der Waals surface area contributed by atoms with Crippen molar-refractivity contribution in [2.45, 2.75) is 12.8 Å². The molecule has 0 aliphatic rings. The minimum atomic E-state index is -0.857. The summed E-state index contributed by atoms with van der Waals surface area (Å²) in [6.07, 6.45) is 0.602. The smallest absolute Gasteiger partial charge is 0.305 e. The molecule has 0 unspecified atom stereocenters. The van der Waals surface area contributed by atoms with Crippen molar-refractivity contribution in [1.82, 2.24) is 0 Å². The molecule has 0 amide bonds. The maximum Gasteiger partial charge on any atom is 0.305 e. The van der Waals surface area contributed by atoms with Gasteiger partial charge >= 0.3 is 5.97 Å². The fourth-order valence-electron chi connectivity index (χ4n) is 0.428. The van der Waals surface area contributed by atoms with Gasteiger partial charge in [-0.2, -0.15) is 0 Å². The largest absolute Gasteiger partial charge is 0.481 e. The number of ether oxygens (including phenoxy) is 1. The molecular weight excluding hydrogens is 136 g/mol. The minimum Gasteiger partial charge on any atom is -0.481 e. The van der Waals surface area contributed by atoms with E-state index in [2.05, 4.69) is 0 Å².